The van der Waals surface area contributed by atoms with Gasteiger partial charge in [0.25, 0.3) is 0 Å². The van der Waals surface area contributed by atoms with Gasteiger partial charge < -0.3 is 10.2 Å². The van der Waals surface area contributed by atoms with Crippen LogP contribution < -0.4 is 5.32 Å². The third kappa shape index (κ3) is 4.89. The predicted molar refractivity (Wildman–Crippen MR) is 86.1 cm³/mol. The molecule has 0 radical (unpaired) electrons. The summed E-state index contributed by atoms with van der Waals surface area (Å²) in [5.74, 6) is 0. The van der Waals surface area contributed by atoms with Crippen LogP contribution in [0.3, 0.4) is 0 Å². The minimum absolute atomic E-state index is 0.591. The summed E-state index contributed by atoms with van der Waals surface area (Å²) in [7, 11) is 4.31. The molecular weight excluding hydrogens is 246 g/mol. The van der Waals surface area contributed by atoms with Gasteiger partial charge in [0.15, 0.2) is 0 Å². The van der Waals surface area contributed by atoms with E-state index in [1.54, 1.807) is 0 Å². The molecule has 1 aromatic rings. The Morgan fingerprint density at radius 3 is 2.75 bits per heavy atom. The second kappa shape index (κ2) is 7.77. The summed E-state index contributed by atoms with van der Waals surface area (Å²) in [4.78, 5) is 4.92. The van der Waals surface area contributed by atoms with Crippen molar-refractivity contribution in [2.75, 3.05) is 40.3 Å². The lowest BCUT2D eigenvalue weighted by molar-refractivity contribution is 0.139. The maximum absolute atomic E-state index is 3.67. The zero-order valence-corrected chi connectivity index (χ0v) is 13.2. The molecular formula is C17H29N3. The maximum Gasteiger partial charge on any atom is 0.0236 e. The van der Waals surface area contributed by atoms with Crippen molar-refractivity contribution in [1.29, 1.82) is 0 Å². The van der Waals surface area contributed by atoms with Gasteiger partial charge in [-0.05, 0) is 46.0 Å². The van der Waals surface area contributed by atoms with E-state index in [1.807, 2.05) is 0 Å². The molecule has 0 amide bonds. The van der Waals surface area contributed by atoms with Crippen LogP contribution in [0.5, 0.6) is 0 Å². The molecule has 1 aliphatic rings. The Morgan fingerprint density at radius 1 is 1.30 bits per heavy atom. The lowest BCUT2D eigenvalue weighted by atomic mass is 10.0. The fourth-order valence-corrected chi connectivity index (χ4v) is 2.91. The molecule has 1 fully saturated rings. The molecule has 3 heteroatoms. The number of nitrogens with one attached hydrogen (secondary N) is 1. The Hall–Kier alpha value is -0.900. The quantitative estimate of drug-likeness (QED) is 0.855. The lowest BCUT2D eigenvalue weighted by Gasteiger charge is -2.38. The maximum atomic E-state index is 3.67. The molecule has 20 heavy (non-hydrogen) atoms. The number of hydrogen-bond acceptors (Lipinski definition) is 3. The van der Waals surface area contributed by atoms with Crippen molar-refractivity contribution in [3.8, 4) is 0 Å². The number of hydrogen-bond donors (Lipinski definition) is 1. The standard InChI is InChI=1S/C17H29N3/c1-15(9-11-19(2)3)20-12-10-18-17(14-20)13-16-7-5-4-6-8-16/h4-8,15,17-18H,9-14H2,1-3H3. The summed E-state index contributed by atoms with van der Waals surface area (Å²) in [5.41, 5.74) is 1.44. The average molecular weight is 275 g/mol. The number of benzene rings is 1. The average Bonchev–Trinajstić information content (AvgIpc) is 2.46. The van der Waals surface area contributed by atoms with Crippen molar-refractivity contribution in [1.82, 2.24) is 15.1 Å². The molecule has 1 saturated heterocycles. The molecule has 2 atom stereocenters. The summed E-state index contributed by atoms with van der Waals surface area (Å²) < 4.78 is 0. The molecule has 1 aromatic carbocycles. The van der Waals surface area contributed by atoms with Crippen LogP contribution in [0.1, 0.15) is 18.9 Å². The van der Waals surface area contributed by atoms with Crippen molar-refractivity contribution >= 4 is 0 Å². The van der Waals surface area contributed by atoms with Crippen molar-refractivity contribution in [2.45, 2.75) is 31.8 Å². The molecule has 0 bridgehead atoms. The van der Waals surface area contributed by atoms with Crippen LogP contribution in [-0.2, 0) is 6.42 Å². The van der Waals surface area contributed by atoms with Gasteiger partial charge in [-0.2, -0.15) is 0 Å². The first-order valence-electron chi connectivity index (χ1n) is 7.81. The van der Waals surface area contributed by atoms with E-state index >= 15 is 0 Å². The summed E-state index contributed by atoms with van der Waals surface area (Å²) >= 11 is 0. The van der Waals surface area contributed by atoms with Crippen LogP contribution in [0.2, 0.25) is 0 Å². The van der Waals surface area contributed by atoms with Crippen LogP contribution in [0, 0.1) is 0 Å². The first-order chi connectivity index (χ1) is 9.65. The molecule has 1 aliphatic heterocycles. The van der Waals surface area contributed by atoms with Gasteiger partial charge in [0.05, 0.1) is 0 Å². The van der Waals surface area contributed by atoms with Gasteiger partial charge in [0, 0.05) is 31.7 Å². The second-order valence-corrected chi connectivity index (χ2v) is 6.28. The zero-order valence-electron chi connectivity index (χ0n) is 13.2. The third-order valence-corrected chi connectivity index (χ3v) is 4.23. The van der Waals surface area contributed by atoms with Crippen LogP contribution in [0.25, 0.3) is 0 Å². The van der Waals surface area contributed by atoms with Gasteiger partial charge >= 0.3 is 0 Å². The van der Waals surface area contributed by atoms with Crippen molar-refractivity contribution in [3.05, 3.63) is 35.9 Å². The molecule has 1 heterocycles. The highest BCUT2D eigenvalue weighted by Gasteiger charge is 2.23. The lowest BCUT2D eigenvalue weighted by Crippen LogP contribution is -2.54. The second-order valence-electron chi connectivity index (χ2n) is 6.28. The fourth-order valence-electron chi connectivity index (χ4n) is 2.91. The number of rotatable bonds is 6. The van der Waals surface area contributed by atoms with Crippen molar-refractivity contribution in [3.63, 3.8) is 0 Å². The third-order valence-electron chi connectivity index (χ3n) is 4.23. The topological polar surface area (TPSA) is 18.5 Å². The van der Waals surface area contributed by atoms with E-state index in [2.05, 4.69) is 66.5 Å². The Balaban J connectivity index is 1.82. The summed E-state index contributed by atoms with van der Waals surface area (Å²) in [6.07, 6.45) is 2.39. The molecule has 2 rings (SSSR count). The minimum atomic E-state index is 0.591. The minimum Gasteiger partial charge on any atom is -0.311 e. The summed E-state index contributed by atoms with van der Waals surface area (Å²) in [5, 5.41) is 3.67. The first-order valence-corrected chi connectivity index (χ1v) is 7.81. The molecule has 2 unspecified atom stereocenters. The molecule has 3 nitrogen and oxygen atoms in total. The van der Waals surface area contributed by atoms with Crippen LogP contribution >= 0.6 is 0 Å². The SMILES string of the molecule is CC(CCN(C)C)N1CCNC(Cc2ccccc2)C1. The normalized spacial score (nSPS) is 22.1. The van der Waals surface area contributed by atoms with Gasteiger partial charge in [-0.3, -0.25) is 4.90 Å². The monoisotopic (exact) mass is 275 g/mol. The molecule has 0 aliphatic carbocycles. The molecule has 0 spiro atoms. The van der Waals surface area contributed by atoms with Gasteiger partial charge in [-0.15, -0.1) is 0 Å². The van der Waals surface area contributed by atoms with E-state index in [1.165, 1.54) is 31.6 Å². The Bertz CT molecular complexity index is 377. The van der Waals surface area contributed by atoms with Gasteiger partial charge in [0.1, 0.15) is 0 Å². The summed E-state index contributed by atoms with van der Waals surface area (Å²) in [6, 6.07) is 12.1. The van der Waals surface area contributed by atoms with Crippen molar-refractivity contribution in [2.24, 2.45) is 0 Å². The zero-order chi connectivity index (χ0) is 14.4. The Labute approximate surface area is 124 Å². The van der Waals surface area contributed by atoms with E-state index in [-0.39, 0.29) is 0 Å². The van der Waals surface area contributed by atoms with E-state index in [4.69, 9.17) is 0 Å². The van der Waals surface area contributed by atoms with E-state index in [9.17, 15) is 0 Å². The molecule has 0 saturated carbocycles. The van der Waals surface area contributed by atoms with E-state index in [0.717, 1.165) is 13.0 Å². The summed E-state index contributed by atoms with van der Waals surface area (Å²) in [6.45, 7) is 7.01. The van der Waals surface area contributed by atoms with Crippen molar-refractivity contribution < 1.29 is 0 Å². The highest BCUT2D eigenvalue weighted by molar-refractivity contribution is 5.16. The molecule has 112 valence electrons. The van der Waals surface area contributed by atoms with Gasteiger partial charge in [-0.25, -0.2) is 0 Å². The predicted octanol–water partition coefficient (Wildman–Crippen LogP) is 1.84. The molecule has 1 N–H and O–H groups in total. The van der Waals surface area contributed by atoms with E-state index in [0.29, 0.717) is 12.1 Å². The largest absolute Gasteiger partial charge is 0.311 e. The first kappa shape index (κ1) is 15.5. The molecule has 0 aromatic heterocycles. The smallest absolute Gasteiger partial charge is 0.0236 e. The number of nitrogens with zero attached hydrogens (tertiary/aromatic N) is 2. The number of piperazine rings is 1. The van der Waals surface area contributed by atoms with Crippen LogP contribution in [0.15, 0.2) is 30.3 Å². The Kier molecular flexibility index (Phi) is 6.02. The van der Waals surface area contributed by atoms with Crippen LogP contribution in [0.4, 0.5) is 0 Å². The van der Waals surface area contributed by atoms with E-state index < -0.39 is 0 Å². The fraction of sp³-hybridized carbons (Fsp3) is 0.647. The van der Waals surface area contributed by atoms with Crippen LogP contribution in [-0.4, -0.2) is 62.2 Å². The highest BCUT2D eigenvalue weighted by atomic mass is 15.2. The Morgan fingerprint density at radius 2 is 2.05 bits per heavy atom. The van der Waals surface area contributed by atoms with Gasteiger partial charge in [0.2, 0.25) is 0 Å². The van der Waals surface area contributed by atoms with Gasteiger partial charge in [-0.1, -0.05) is 30.3 Å². The highest BCUT2D eigenvalue weighted by Crippen LogP contribution is 2.12.